The van der Waals surface area contributed by atoms with Gasteiger partial charge in [-0.05, 0) is 26.2 Å². The molecule has 35 heavy (non-hydrogen) atoms. The summed E-state index contributed by atoms with van der Waals surface area (Å²) >= 11 is 0. The lowest BCUT2D eigenvalue weighted by molar-refractivity contribution is -0.923. The van der Waals surface area contributed by atoms with Crippen LogP contribution in [0, 0.1) is 5.41 Å². The molecule has 0 aromatic rings. The van der Waals surface area contributed by atoms with Gasteiger partial charge in [0.25, 0.3) is 0 Å². The van der Waals surface area contributed by atoms with Crippen molar-refractivity contribution in [2.24, 2.45) is 5.41 Å². The molecule has 0 aliphatic heterocycles. The maximum absolute atomic E-state index is 12.4. The van der Waals surface area contributed by atoms with Crippen LogP contribution in [0.2, 0.25) is 0 Å². The highest BCUT2D eigenvalue weighted by Crippen LogP contribution is 2.52. The van der Waals surface area contributed by atoms with Crippen molar-refractivity contribution in [2.75, 3.05) is 21.1 Å². The summed E-state index contributed by atoms with van der Waals surface area (Å²) in [6.07, 6.45) is 31.7. The van der Waals surface area contributed by atoms with Crippen molar-refractivity contribution in [3.05, 3.63) is 0 Å². The van der Waals surface area contributed by atoms with Crippen LogP contribution in [0.5, 0.6) is 0 Å². The molecule has 3 nitrogen and oxygen atoms in total. The van der Waals surface area contributed by atoms with Crippen LogP contribution in [-0.2, 0) is 4.79 Å². The van der Waals surface area contributed by atoms with Crippen LogP contribution in [0.4, 0.5) is 0 Å². The topological polar surface area (TPSA) is 40.1 Å². The number of likely N-dealkylation sites (N-methyl/N-ethyl adjacent to an activating group) is 1. The third kappa shape index (κ3) is 11.1. The fourth-order valence-corrected chi connectivity index (χ4v) is 6.78. The minimum atomic E-state index is -0.852. The molecule has 0 aromatic carbocycles. The molecular formula is C32H63NO2. The Kier molecular flexibility index (Phi) is 16.5. The van der Waals surface area contributed by atoms with E-state index in [0.717, 1.165) is 19.3 Å². The van der Waals surface area contributed by atoms with Crippen molar-refractivity contribution >= 4 is 5.97 Å². The number of rotatable bonds is 22. The molecule has 1 atom stereocenters. The Morgan fingerprint density at radius 3 is 1.31 bits per heavy atom. The zero-order valence-corrected chi connectivity index (χ0v) is 24.7. The van der Waals surface area contributed by atoms with E-state index in [4.69, 9.17) is 0 Å². The molecule has 0 aromatic heterocycles. The Hall–Kier alpha value is -0.570. The van der Waals surface area contributed by atoms with Crippen molar-refractivity contribution in [3.63, 3.8) is 0 Å². The van der Waals surface area contributed by atoms with E-state index in [1.54, 1.807) is 0 Å². The Balaban J connectivity index is 2.12. The van der Waals surface area contributed by atoms with Gasteiger partial charge in [0, 0.05) is 5.41 Å². The van der Waals surface area contributed by atoms with Gasteiger partial charge >= 0.3 is 0 Å². The van der Waals surface area contributed by atoms with Crippen molar-refractivity contribution < 1.29 is 14.4 Å². The maximum atomic E-state index is 12.4. The normalized spacial score (nSPS) is 17.9. The molecule has 0 bridgehead atoms. The van der Waals surface area contributed by atoms with Crippen LogP contribution in [0.1, 0.15) is 168 Å². The molecule has 208 valence electrons. The van der Waals surface area contributed by atoms with Crippen molar-refractivity contribution in [1.29, 1.82) is 0 Å². The molecule has 1 rings (SSSR count). The second kappa shape index (κ2) is 17.8. The lowest BCUT2D eigenvalue weighted by Crippen LogP contribution is -2.72. The zero-order chi connectivity index (χ0) is 26.0. The summed E-state index contributed by atoms with van der Waals surface area (Å²) in [6.45, 7) is 4.26. The fourth-order valence-electron chi connectivity index (χ4n) is 6.78. The molecule has 0 amide bonds. The monoisotopic (exact) mass is 493 g/mol. The lowest BCUT2D eigenvalue weighted by Gasteiger charge is -2.57. The van der Waals surface area contributed by atoms with Gasteiger partial charge in [-0.25, -0.2) is 0 Å². The largest absolute Gasteiger partial charge is 0.544 e. The van der Waals surface area contributed by atoms with Gasteiger partial charge in [-0.15, -0.1) is 0 Å². The second-order valence-corrected chi connectivity index (χ2v) is 13.0. The van der Waals surface area contributed by atoms with E-state index < -0.39 is 11.5 Å². The number of carboxylic acids is 1. The van der Waals surface area contributed by atoms with E-state index in [-0.39, 0.29) is 5.41 Å². The van der Waals surface area contributed by atoms with Gasteiger partial charge < -0.3 is 14.4 Å². The minimum Gasteiger partial charge on any atom is -0.544 e. The molecule has 0 saturated heterocycles. The maximum Gasteiger partial charge on any atom is 0.141 e. The average Bonchev–Trinajstić information content (AvgIpc) is 2.82. The van der Waals surface area contributed by atoms with Crippen LogP contribution in [-0.4, -0.2) is 37.1 Å². The van der Waals surface area contributed by atoms with Crippen molar-refractivity contribution in [3.8, 4) is 0 Å². The number of carbonyl (C=O) groups is 1. The smallest absolute Gasteiger partial charge is 0.141 e. The molecule has 3 heteroatoms. The highest BCUT2D eigenvalue weighted by molar-refractivity contribution is 5.76. The van der Waals surface area contributed by atoms with Crippen molar-refractivity contribution in [2.45, 2.75) is 173 Å². The number of unbranched alkanes of at least 4 members (excludes halogenated alkanes) is 17. The summed E-state index contributed by atoms with van der Waals surface area (Å²) in [5.41, 5.74) is -0.931. The summed E-state index contributed by atoms with van der Waals surface area (Å²) in [5, 5.41) is 12.4. The lowest BCUT2D eigenvalue weighted by atomic mass is 9.58. The Labute approximate surface area is 220 Å². The number of hydrogen-bond acceptors (Lipinski definition) is 2. The first kappa shape index (κ1) is 32.5. The third-order valence-corrected chi connectivity index (χ3v) is 9.59. The third-order valence-electron chi connectivity index (χ3n) is 9.59. The number of quaternary nitrogens is 1. The van der Waals surface area contributed by atoms with Crippen molar-refractivity contribution in [1.82, 2.24) is 0 Å². The van der Waals surface area contributed by atoms with E-state index in [9.17, 15) is 9.90 Å². The molecule has 1 fully saturated rings. The highest BCUT2D eigenvalue weighted by Gasteiger charge is 2.57. The van der Waals surface area contributed by atoms with Crippen LogP contribution in [0.25, 0.3) is 0 Å². The van der Waals surface area contributed by atoms with E-state index >= 15 is 0 Å². The van der Waals surface area contributed by atoms with E-state index in [0.29, 0.717) is 4.48 Å². The molecular weight excluding hydrogens is 430 g/mol. The summed E-state index contributed by atoms with van der Waals surface area (Å²) in [4.78, 5) is 12.4. The second-order valence-electron chi connectivity index (χ2n) is 13.0. The van der Waals surface area contributed by atoms with Gasteiger partial charge in [-0.1, -0.05) is 142 Å². The first-order valence-corrected chi connectivity index (χ1v) is 15.7. The molecule has 0 radical (unpaired) electrons. The summed E-state index contributed by atoms with van der Waals surface area (Å²) in [5.74, 6) is -0.852. The molecule has 1 aliphatic rings. The van der Waals surface area contributed by atoms with E-state index in [2.05, 4.69) is 6.92 Å². The number of aliphatic carboxylic acids is 1. The quantitative estimate of drug-likeness (QED) is 0.112. The van der Waals surface area contributed by atoms with E-state index in [1.807, 2.05) is 28.1 Å². The van der Waals surface area contributed by atoms with Gasteiger partial charge in [0.2, 0.25) is 0 Å². The fraction of sp³-hybridized carbons (Fsp3) is 0.969. The van der Waals surface area contributed by atoms with Gasteiger partial charge in [0.15, 0.2) is 0 Å². The zero-order valence-electron chi connectivity index (χ0n) is 24.7. The summed E-state index contributed by atoms with van der Waals surface area (Å²) < 4.78 is 0.453. The van der Waals surface area contributed by atoms with Gasteiger partial charge in [-0.2, -0.15) is 0 Å². The molecule has 1 aliphatic carbocycles. The summed E-state index contributed by atoms with van der Waals surface area (Å²) in [6, 6.07) is 0. The van der Waals surface area contributed by atoms with Gasteiger partial charge in [0.1, 0.15) is 11.5 Å². The number of nitrogens with zero attached hydrogens (tertiary/aromatic N) is 1. The van der Waals surface area contributed by atoms with Gasteiger partial charge in [-0.3, -0.25) is 0 Å². The van der Waals surface area contributed by atoms with Gasteiger partial charge in [0.05, 0.1) is 21.1 Å². The Morgan fingerprint density at radius 1 is 0.657 bits per heavy atom. The number of hydrogen-bond donors (Lipinski definition) is 0. The first-order chi connectivity index (χ1) is 16.7. The molecule has 0 N–H and O–H groups in total. The molecule has 0 heterocycles. The predicted octanol–water partition coefficient (Wildman–Crippen LogP) is 8.58. The van der Waals surface area contributed by atoms with E-state index in [1.165, 1.54) is 135 Å². The SMILES string of the molecule is CCCCCCCCCCCCCCCCCCCCC1(C(C)(C(=O)[O-])[N+](C)(C)C)CCCCC1. The first-order valence-electron chi connectivity index (χ1n) is 15.7. The predicted molar refractivity (Wildman–Crippen MR) is 150 cm³/mol. The standard InChI is InChI=1S/C32H63NO2/c1-6-7-8-9-10-11-12-13-14-15-16-17-18-19-20-21-22-24-27-32(28-25-23-26-29-32)31(2,30(34)35)33(3,4)5/h6-29H2,1-5H3. The molecule has 1 saturated carbocycles. The Morgan fingerprint density at radius 2 is 1.00 bits per heavy atom. The molecule has 0 spiro atoms. The van der Waals surface area contributed by atoms with Crippen LogP contribution in [0.3, 0.4) is 0 Å². The molecule has 1 unspecified atom stereocenters. The highest BCUT2D eigenvalue weighted by atomic mass is 16.4. The Bertz CT molecular complexity index is 532. The number of carboxylic acid groups (broad SMARTS) is 1. The summed E-state index contributed by atoms with van der Waals surface area (Å²) in [7, 11) is 6.13. The minimum absolute atomic E-state index is 0.114. The average molecular weight is 494 g/mol. The van der Waals surface area contributed by atoms with Crippen LogP contribution >= 0.6 is 0 Å². The van der Waals surface area contributed by atoms with Crippen LogP contribution in [0.15, 0.2) is 0 Å². The van der Waals surface area contributed by atoms with Crippen LogP contribution < -0.4 is 5.11 Å². The number of carbonyl (C=O) groups excluding carboxylic acids is 1.